The molecule has 3 heterocycles. The zero-order valence-corrected chi connectivity index (χ0v) is 18.1. The second-order valence-electron chi connectivity index (χ2n) is 7.07. The van der Waals surface area contributed by atoms with Gasteiger partial charge in [0.2, 0.25) is 10.9 Å². The third kappa shape index (κ3) is 3.76. The Morgan fingerprint density at radius 3 is 2.70 bits per heavy atom. The van der Waals surface area contributed by atoms with Gasteiger partial charge in [-0.2, -0.15) is 0 Å². The first-order chi connectivity index (χ1) is 14.7. The van der Waals surface area contributed by atoms with E-state index in [1.165, 1.54) is 11.8 Å². The Hall–Kier alpha value is -2.62. The van der Waals surface area contributed by atoms with Crippen molar-refractivity contribution in [3.63, 3.8) is 0 Å². The molecule has 9 heteroatoms. The molecule has 1 saturated heterocycles. The normalized spacial score (nSPS) is 15.6. The van der Waals surface area contributed by atoms with Gasteiger partial charge in [-0.1, -0.05) is 35.2 Å². The first-order valence-electron chi connectivity index (χ1n) is 9.82. The summed E-state index contributed by atoms with van der Waals surface area (Å²) in [4.78, 5) is 15.9. The average molecular weight is 440 g/mol. The smallest absolute Gasteiger partial charge is 0.237 e. The summed E-state index contributed by atoms with van der Waals surface area (Å²) in [6, 6.07) is 16.1. The Balaban J connectivity index is 1.27. The first kappa shape index (κ1) is 19.3. The molecule has 1 aliphatic heterocycles. The number of fused-ring (bicyclic) bond motifs is 3. The monoisotopic (exact) mass is 439 g/mol. The predicted octanol–water partition coefficient (Wildman–Crippen LogP) is 3.90. The topological polar surface area (TPSA) is 71.8 Å². The number of morpholine rings is 1. The highest BCUT2D eigenvalue weighted by Gasteiger charge is 2.20. The molecule has 2 aromatic heterocycles. The largest absolute Gasteiger partial charge is 0.378 e. The molecule has 2 aromatic carbocycles. The van der Waals surface area contributed by atoms with Crippen molar-refractivity contribution >= 4 is 55.6 Å². The van der Waals surface area contributed by atoms with Gasteiger partial charge < -0.3 is 15.0 Å². The highest BCUT2D eigenvalue weighted by Crippen LogP contribution is 2.31. The molecule has 0 radical (unpaired) electrons. The lowest BCUT2D eigenvalue weighted by molar-refractivity contribution is -0.115. The number of amides is 1. The van der Waals surface area contributed by atoms with Crippen LogP contribution in [0, 0.1) is 0 Å². The zero-order valence-electron chi connectivity index (χ0n) is 16.4. The minimum Gasteiger partial charge on any atom is -0.378 e. The summed E-state index contributed by atoms with van der Waals surface area (Å²) >= 11 is 3.01. The zero-order chi connectivity index (χ0) is 20.5. The molecule has 1 unspecified atom stereocenters. The molecular weight excluding hydrogens is 418 g/mol. The van der Waals surface area contributed by atoms with Crippen molar-refractivity contribution in [1.29, 1.82) is 0 Å². The molecule has 1 fully saturated rings. The fraction of sp³-hybridized carbons (Fsp3) is 0.286. The van der Waals surface area contributed by atoms with Gasteiger partial charge in [0.05, 0.1) is 28.7 Å². The number of thioether (sulfide) groups is 1. The van der Waals surface area contributed by atoms with Crippen LogP contribution < -0.4 is 10.2 Å². The fourth-order valence-corrected chi connectivity index (χ4v) is 5.35. The Morgan fingerprint density at radius 1 is 1.13 bits per heavy atom. The molecule has 4 aromatic rings. The van der Waals surface area contributed by atoms with Gasteiger partial charge in [0.15, 0.2) is 5.16 Å². The van der Waals surface area contributed by atoms with Gasteiger partial charge in [-0.3, -0.25) is 9.20 Å². The van der Waals surface area contributed by atoms with E-state index >= 15 is 0 Å². The summed E-state index contributed by atoms with van der Waals surface area (Å²) in [5, 5.41) is 12.0. The van der Waals surface area contributed by atoms with Crippen molar-refractivity contribution < 1.29 is 9.53 Å². The third-order valence-corrected chi connectivity index (χ3v) is 7.13. The summed E-state index contributed by atoms with van der Waals surface area (Å²) in [5.41, 5.74) is 3.00. The minimum atomic E-state index is -0.310. The van der Waals surface area contributed by atoms with Crippen LogP contribution in [-0.2, 0) is 9.53 Å². The van der Waals surface area contributed by atoms with Gasteiger partial charge in [0.25, 0.3) is 0 Å². The van der Waals surface area contributed by atoms with Crippen LogP contribution in [0.2, 0.25) is 0 Å². The Bertz CT molecular complexity index is 1180. The number of ether oxygens (including phenoxy) is 1. The molecule has 7 nitrogen and oxygen atoms in total. The van der Waals surface area contributed by atoms with Crippen molar-refractivity contribution in [3.05, 3.63) is 48.5 Å². The summed E-state index contributed by atoms with van der Waals surface area (Å²) < 4.78 is 8.57. The molecule has 154 valence electrons. The fourth-order valence-electron chi connectivity index (χ4n) is 3.46. The molecule has 5 rings (SSSR count). The lowest BCUT2D eigenvalue weighted by atomic mass is 10.2. The van der Waals surface area contributed by atoms with Crippen molar-refractivity contribution in [2.24, 2.45) is 0 Å². The van der Waals surface area contributed by atoms with E-state index in [9.17, 15) is 4.79 Å². The van der Waals surface area contributed by atoms with Crippen LogP contribution in [0.4, 0.5) is 11.4 Å². The number of anilines is 2. The second kappa shape index (κ2) is 8.25. The average Bonchev–Trinajstić information content (AvgIpc) is 3.34. The lowest BCUT2D eigenvalue weighted by Crippen LogP contribution is -2.36. The van der Waals surface area contributed by atoms with Crippen LogP contribution in [0.25, 0.3) is 15.2 Å². The molecule has 1 aliphatic rings. The van der Waals surface area contributed by atoms with E-state index in [1.54, 1.807) is 11.3 Å². The quantitative estimate of drug-likeness (QED) is 0.476. The number of hydrogen-bond donors (Lipinski definition) is 1. The minimum absolute atomic E-state index is 0.0598. The summed E-state index contributed by atoms with van der Waals surface area (Å²) in [7, 11) is 0. The number of carbonyl (C=O) groups is 1. The SMILES string of the molecule is CC(Sc1nnc2sc3ccccc3n12)C(=O)Nc1ccc(N2CCOCC2)cc1. The Kier molecular flexibility index (Phi) is 5.32. The number of carbonyl (C=O) groups excluding carboxylic acids is 1. The van der Waals surface area contributed by atoms with E-state index in [2.05, 4.69) is 26.5 Å². The van der Waals surface area contributed by atoms with E-state index in [0.29, 0.717) is 0 Å². The highest BCUT2D eigenvalue weighted by molar-refractivity contribution is 8.00. The van der Waals surface area contributed by atoms with Gasteiger partial charge >= 0.3 is 0 Å². The van der Waals surface area contributed by atoms with Crippen molar-refractivity contribution in [3.8, 4) is 0 Å². The van der Waals surface area contributed by atoms with Gasteiger partial charge in [0, 0.05) is 24.5 Å². The van der Waals surface area contributed by atoms with Crippen LogP contribution in [0.3, 0.4) is 0 Å². The number of para-hydroxylation sites is 1. The number of rotatable bonds is 5. The maximum atomic E-state index is 12.7. The van der Waals surface area contributed by atoms with Crippen molar-refractivity contribution in [2.45, 2.75) is 17.3 Å². The number of aromatic nitrogens is 3. The molecule has 1 N–H and O–H groups in total. The molecule has 0 spiro atoms. The lowest BCUT2D eigenvalue weighted by Gasteiger charge is -2.28. The van der Waals surface area contributed by atoms with Crippen LogP contribution in [-0.4, -0.2) is 52.1 Å². The molecule has 1 atom stereocenters. The van der Waals surface area contributed by atoms with E-state index in [4.69, 9.17) is 4.74 Å². The van der Waals surface area contributed by atoms with Crippen molar-refractivity contribution in [2.75, 3.05) is 36.5 Å². The molecule has 1 amide bonds. The number of thiazole rings is 1. The summed E-state index contributed by atoms with van der Waals surface area (Å²) in [6.07, 6.45) is 0. The summed E-state index contributed by atoms with van der Waals surface area (Å²) in [5.74, 6) is -0.0598. The van der Waals surface area contributed by atoms with E-state index in [-0.39, 0.29) is 11.2 Å². The highest BCUT2D eigenvalue weighted by atomic mass is 32.2. The van der Waals surface area contributed by atoms with Crippen LogP contribution in [0.1, 0.15) is 6.92 Å². The molecular formula is C21H21N5O2S2. The second-order valence-corrected chi connectivity index (χ2v) is 9.38. The van der Waals surface area contributed by atoms with Crippen LogP contribution in [0.5, 0.6) is 0 Å². The number of hydrogen-bond acceptors (Lipinski definition) is 7. The van der Waals surface area contributed by atoms with Gasteiger partial charge in [0.1, 0.15) is 0 Å². The third-order valence-electron chi connectivity index (χ3n) is 5.07. The van der Waals surface area contributed by atoms with E-state index in [1.807, 2.05) is 53.8 Å². The molecule has 0 saturated carbocycles. The molecule has 0 aliphatic carbocycles. The van der Waals surface area contributed by atoms with E-state index < -0.39 is 0 Å². The number of nitrogens with one attached hydrogen (secondary N) is 1. The predicted molar refractivity (Wildman–Crippen MR) is 122 cm³/mol. The van der Waals surface area contributed by atoms with Gasteiger partial charge in [-0.25, -0.2) is 0 Å². The van der Waals surface area contributed by atoms with Crippen LogP contribution in [0.15, 0.2) is 53.7 Å². The molecule has 0 bridgehead atoms. The van der Waals surface area contributed by atoms with Crippen LogP contribution >= 0.6 is 23.1 Å². The van der Waals surface area contributed by atoms with Crippen molar-refractivity contribution in [1.82, 2.24) is 14.6 Å². The number of benzene rings is 2. The first-order valence-corrected chi connectivity index (χ1v) is 11.5. The van der Waals surface area contributed by atoms with Gasteiger partial charge in [-0.15, -0.1) is 10.2 Å². The van der Waals surface area contributed by atoms with Gasteiger partial charge in [-0.05, 0) is 43.3 Å². The Morgan fingerprint density at radius 2 is 1.90 bits per heavy atom. The standard InChI is InChI=1S/C21H21N5O2S2/c1-14(29-20-23-24-21-26(20)17-4-2-3-5-18(17)30-21)19(27)22-15-6-8-16(9-7-15)25-10-12-28-13-11-25/h2-9,14H,10-13H2,1H3,(H,22,27). The molecule has 30 heavy (non-hydrogen) atoms. The summed E-state index contributed by atoms with van der Waals surface area (Å²) in [6.45, 7) is 5.18. The van der Waals surface area contributed by atoms with E-state index in [0.717, 1.165) is 58.0 Å². The Labute approximate surface area is 182 Å². The maximum Gasteiger partial charge on any atom is 0.237 e. The maximum absolute atomic E-state index is 12.7. The number of nitrogens with zero attached hydrogens (tertiary/aromatic N) is 4.